The van der Waals surface area contributed by atoms with E-state index in [1.807, 2.05) is 12.1 Å². The summed E-state index contributed by atoms with van der Waals surface area (Å²) in [4.78, 5) is 16.0. The van der Waals surface area contributed by atoms with Crippen LogP contribution < -0.4 is 4.74 Å². The quantitative estimate of drug-likeness (QED) is 0.180. The van der Waals surface area contributed by atoms with Crippen LogP contribution in [0.15, 0.2) is 200 Å². The second-order valence-corrected chi connectivity index (χ2v) is 15.1. The Hall–Kier alpha value is -7.69. The van der Waals surface area contributed by atoms with Gasteiger partial charge in [0.2, 0.25) is 0 Å². The van der Waals surface area contributed by atoms with Crippen LogP contribution in [0.1, 0.15) is 22.3 Å². The summed E-state index contributed by atoms with van der Waals surface area (Å²) in [6, 6.07) is 70.8. The van der Waals surface area contributed by atoms with Crippen molar-refractivity contribution in [1.82, 2.24) is 15.0 Å². The van der Waals surface area contributed by atoms with Crippen molar-refractivity contribution >= 4 is 21.5 Å². The Balaban J connectivity index is 1.09. The molecule has 10 aromatic rings. The van der Waals surface area contributed by atoms with Crippen LogP contribution in [0.5, 0.6) is 11.5 Å². The first-order valence-electron chi connectivity index (χ1n) is 19.7. The third-order valence-corrected chi connectivity index (χ3v) is 12.0. The Morgan fingerprint density at radius 3 is 1.64 bits per heavy atom. The molecule has 270 valence electrons. The minimum absolute atomic E-state index is 0.597. The summed E-state index contributed by atoms with van der Waals surface area (Å²) in [5.41, 5.74) is 11.5. The van der Waals surface area contributed by atoms with Crippen LogP contribution in [0.25, 0.3) is 78.0 Å². The van der Waals surface area contributed by atoms with Crippen molar-refractivity contribution in [2.75, 3.05) is 0 Å². The molecule has 2 heterocycles. The Bertz CT molecular complexity index is 3230. The molecule has 0 amide bonds. The highest BCUT2D eigenvalue weighted by molar-refractivity contribution is 5.98. The molecule has 58 heavy (non-hydrogen) atoms. The summed E-state index contributed by atoms with van der Waals surface area (Å²) in [5.74, 6) is 3.61. The molecule has 0 radical (unpaired) electrons. The highest BCUT2D eigenvalue weighted by Crippen LogP contribution is 2.63. The average molecular weight is 740 g/mol. The van der Waals surface area contributed by atoms with E-state index in [1.54, 1.807) is 0 Å². The van der Waals surface area contributed by atoms with Crippen molar-refractivity contribution in [3.8, 4) is 67.9 Å². The maximum absolute atomic E-state index is 6.60. The van der Waals surface area contributed by atoms with E-state index in [0.717, 1.165) is 66.8 Å². The normalized spacial score (nSPS) is 13.1. The maximum atomic E-state index is 6.60. The molecule has 0 saturated heterocycles. The summed E-state index contributed by atoms with van der Waals surface area (Å²) >= 11 is 0. The van der Waals surface area contributed by atoms with E-state index in [4.69, 9.17) is 19.7 Å². The molecule has 0 bridgehead atoms. The van der Waals surface area contributed by atoms with Gasteiger partial charge < -0.3 is 4.74 Å². The SMILES string of the molecule is c1ccc2c(c1)Oc1ccccc1C21c2ccccc2-c2c(-c3nc(-c4ccc(-c5ccc6ccccc6c5)cc4)nc(-c4cccc5ccccc45)n3)cccc21. The second kappa shape index (κ2) is 12.7. The van der Waals surface area contributed by atoms with Gasteiger partial charge in [-0.05, 0) is 73.1 Å². The molecule has 2 aliphatic rings. The van der Waals surface area contributed by atoms with Crippen molar-refractivity contribution in [2.45, 2.75) is 5.41 Å². The van der Waals surface area contributed by atoms with Gasteiger partial charge in [-0.2, -0.15) is 0 Å². The highest BCUT2D eigenvalue weighted by Gasteiger charge is 2.51. The topological polar surface area (TPSA) is 47.9 Å². The standard InChI is InChI=1S/C54H33N3O/c1-2-15-38-33-39(32-29-34(38)13-1)35-27-30-37(31-28-35)51-55-52(41-19-11-16-36-14-3-4-17-40(36)41)57-53(56-51)43-20-12-24-47-50(43)42-18-5-6-21-44(42)54(47)45-22-7-9-25-48(45)58-49-26-10-8-23-46(49)54/h1-33H. The molecule has 1 aromatic heterocycles. The molecule has 4 heteroatoms. The average Bonchev–Trinajstić information content (AvgIpc) is 3.59. The highest BCUT2D eigenvalue weighted by atomic mass is 16.5. The third-order valence-electron chi connectivity index (χ3n) is 12.0. The van der Waals surface area contributed by atoms with Crippen LogP contribution in [-0.4, -0.2) is 15.0 Å². The molecule has 1 spiro atoms. The molecule has 1 aliphatic heterocycles. The summed E-state index contributed by atoms with van der Waals surface area (Å²) in [5, 5.41) is 4.68. The number of benzene rings is 9. The molecule has 4 nitrogen and oxygen atoms in total. The van der Waals surface area contributed by atoms with Gasteiger partial charge in [0, 0.05) is 27.8 Å². The molecule has 0 fully saturated rings. The lowest BCUT2D eigenvalue weighted by molar-refractivity contribution is 0.436. The number of aromatic nitrogens is 3. The zero-order chi connectivity index (χ0) is 38.2. The maximum Gasteiger partial charge on any atom is 0.164 e. The molecular formula is C54H33N3O. The van der Waals surface area contributed by atoms with Crippen LogP contribution in [0, 0.1) is 0 Å². The van der Waals surface area contributed by atoms with E-state index in [9.17, 15) is 0 Å². The van der Waals surface area contributed by atoms with Crippen LogP contribution in [0.2, 0.25) is 0 Å². The van der Waals surface area contributed by atoms with E-state index < -0.39 is 5.41 Å². The van der Waals surface area contributed by atoms with Crippen molar-refractivity contribution in [2.24, 2.45) is 0 Å². The fraction of sp³-hybridized carbons (Fsp3) is 0.0185. The lowest BCUT2D eigenvalue weighted by atomic mass is 9.66. The predicted molar refractivity (Wildman–Crippen MR) is 234 cm³/mol. The number of nitrogens with zero attached hydrogens (tertiary/aromatic N) is 3. The molecular weight excluding hydrogens is 707 g/mol. The largest absolute Gasteiger partial charge is 0.457 e. The third kappa shape index (κ3) is 4.79. The van der Waals surface area contributed by atoms with Crippen LogP contribution in [-0.2, 0) is 5.41 Å². The fourth-order valence-corrected chi connectivity index (χ4v) is 9.44. The number of fused-ring (bicyclic) bond motifs is 11. The lowest BCUT2D eigenvalue weighted by Gasteiger charge is -2.39. The van der Waals surface area contributed by atoms with Crippen LogP contribution in [0.4, 0.5) is 0 Å². The van der Waals surface area contributed by atoms with Gasteiger partial charge in [0.25, 0.3) is 0 Å². The van der Waals surface area contributed by atoms with Gasteiger partial charge in [-0.3, -0.25) is 0 Å². The minimum Gasteiger partial charge on any atom is -0.457 e. The molecule has 0 atom stereocenters. The molecule has 0 unspecified atom stereocenters. The van der Waals surface area contributed by atoms with E-state index in [2.05, 4.69) is 188 Å². The van der Waals surface area contributed by atoms with Gasteiger partial charge in [-0.15, -0.1) is 0 Å². The van der Waals surface area contributed by atoms with E-state index >= 15 is 0 Å². The number of ether oxygens (including phenoxy) is 1. The molecule has 9 aromatic carbocycles. The Kier molecular flexibility index (Phi) is 7.11. The first-order chi connectivity index (χ1) is 28.7. The monoisotopic (exact) mass is 739 g/mol. The number of hydrogen-bond donors (Lipinski definition) is 0. The zero-order valence-corrected chi connectivity index (χ0v) is 31.3. The summed E-state index contributed by atoms with van der Waals surface area (Å²) in [6.07, 6.45) is 0. The molecule has 0 saturated carbocycles. The number of rotatable bonds is 4. The Morgan fingerprint density at radius 2 is 0.845 bits per heavy atom. The number of hydrogen-bond acceptors (Lipinski definition) is 4. The van der Waals surface area contributed by atoms with Crippen molar-refractivity contribution in [3.63, 3.8) is 0 Å². The minimum atomic E-state index is -0.597. The summed E-state index contributed by atoms with van der Waals surface area (Å²) < 4.78 is 6.60. The Morgan fingerprint density at radius 1 is 0.328 bits per heavy atom. The summed E-state index contributed by atoms with van der Waals surface area (Å²) in [7, 11) is 0. The van der Waals surface area contributed by atoms with Gasteiger partial charge in [0.1, 0.15) is 11.5 Å². The van der Waals surface area contributed by atoms with Gasteiger partial charge in [0.15, 0.2) is 17.5 Å². The van der Waals surface area contributed by atoms with Gasteiger partial charge in [-0.25, -0.2) is 15.0 Å². The summed E-state index contributed by atoms with van der Waals surface area (Å²) in [6.45, 7) is 0. The van der Waals surface area contributed by atoms with Crippen molar-refractivity contribution < 1.29 is 4.74 Å². The van der Waals surface area contributed by atoms with Crippen LogP contribution >= 0.6 is 0 Å². The number of para-hydroxylation sites is 2. The first-order valence-corrected chi connectivity index (χ1v) is 19.7. The van der Waals surface area contributed by atoms with Crippen molar-refractivity contribution in [3.05, 3.63) is 222 Å². The van der Waals surface area contributed by atoms with Gasteiger partial charge in [-0.1, -0.05) is 182 Å². The second-order valence-electron chi connectivity index (χ2n) is 15.1. The zero-order valence-electron chi connectivity index (χ0n) is 31.3. The molecule has 1 aliphatic carbocycles. The van der Waals surface area contributed by atoms with Gasteiger partial charge >= 0.3 is 0 Å². The van der Waals surface area contributed by atoms with Gasteiger partial charge in [0.05, 0.1) is 5.41 Å². The first kappa shape index (κ1) is 32.5. The lowest BCUT2D eigenvalue weighted by Crippen LogP contribution is -2.32. The van der Waals surface area contributed by atoms with E-state index in [0.29, 0.717) is 17.5 Å². The van der Waals surface area contributed by atoms with Crippen molar-refractivity contribution in [1.29, 1.82) is 0 Å². The molecule has 0 N–H and O–H groups in total. The molecule has 12 rings (SSSR count). The fourth-order valence-electron chi connectivity index (χ4n) is 9.44. The van der Waals surface area contributed by atoms with Crippen LogP contribution in [0.3, 0.4) is 0 Å². The predicted octanol–water partition coefficient (Wildman–Crippen LogP) is 13.3. The smallest absolute Gasteiger partial charge is 0.164 e. The Labute approximate surface area is 335 Å². The van der Waals surface area contributed by atoms with E-state index in [1.165, 1.54) is 27.5 Å². The van der Waals surface area contributed by atoms with E-state index in [-0.39, 0.29) is 0 Å².